The van der Waals surface area contributed by atoms with Gasteiger partial charge in [-0.15, -0.1) is 0 Å². The summed E-state index contributed by atoms with van der Waals surface area (Å²) >= 11 is 0. The van der Waals surface area contributed by atoms with Gasteiger partial charge in [0.2, 0.25) is 5.91 Å². The molecule has 0 bridgehead atoms. The highest BCUT2D eigenvalue weighted by atomic mass is 16.5. The largest absolute Gasteiger partial charge is 0.465 e. The number of urea groups is 1. The zero-order chi connectivity index (χ0) is 21.1. The molecule has 1 aromatic carbocycles. The van der Waals surface area contributed by atoms with Gasteiger partial charge < -0.3 is 19.9 Å². The zero-order valence-corrected chi connectivity index (χ0v) is 17.6. The Morgan fingerprint density at radius 3 is 2.43 bits per heavy atom. The fourth-order valence-electron chi connectivity index (χ4n) is 5.49. The van der Waals surface area contributed by atoms with Crippen LogP contribution in [-0.2, 0) is 14.3 Å². The normalized spacial score (nSPS) is 23.4. The number of amides is 3. The number of hydrogen-bond donors (Lipinski definition) is 1. The molecule has 162 valence electrons. The number of likely N-dealkylation sites (tertiary alicyclic amines) is 2. The molecule has 1 aromatic rings. The van der Waals surface area contributed by atoms with Gasteiger partial charge in [0.25, 0.3) is 0 Å². The van der Waals surface area contributed by atoms with Crippen molar-refractivity contribution in [2.24, 2.45) is 5.41 Å². The van der Waals surface area contributed by atoms with Crippen LogP contribution in [0.5, 0.6) is 0 Å². The van der Waals surface area contributed by atoms with E-state index in [0.29, 0.717) is 25.6 Å². The van der Waals surface area contributed by atoms with Gasteiger partial charge >= 0.3 is 12.0 Å². The van der Waals surface area contributed by atoms with Crippen LogP contribution < -0.4 is 5.32 Å². The number of rotatable bonds is 5. The summed E-state index contributed by atoms with van der Waals surface area (Å²) in [5.74, 6) is -0.126. The highest BCUT2D eigenvalue weighted by Gasteiger charge is 2.63. The fourth-order valence-corrected chi connectivity index (χ4v) is 5.49. The molecular formula is C23H31N3O4. The molecule has 30 heavy (non-hydrogen) atoms. The second-order valence-corrected chi connectivity index (χ2v) is 8.57. The molecule has 7 heteroatoms. The van der Waals surface area contributed by atoms with Crippen LogP contribution in [0.3, 0.4) is 0 Å². The summed E-state index contributed by atoms with van der Waals surface area (Å²) in [5, 5.41) is 2.62. The number of piperidine rings is 1. The summed E-state index contributed by atoms with van der Waals surface area (Å²) in [5.41, 5.74) is 1.02. The van der Waals surface area contributed by atoms with Crippen molar-refractivity contribution >= 4 is 17.9 Å². The van der Waals surface area contributed by atoms with Crippen molar-refractivity contribution in [2.75, 3.05) is 26.2 Å². The van der Waals surface area contributed by atoms with Crippen molar-refractivity contribution in [1.29, 1.82) is 0 Å². The summed E-state index contributed by atoms with van der Waals surface area (Å²) in [6.07, 6.45) is 5.74. The Bertz CT molecular complexity index is 783. The maximum atomic E-state index is 13.3. The van der Waals surface area contributed by atoms with Gasteiger partial charge in [-0.3, -0.25) is 9.59 Å². The molecule has 1 atom stereocenters. The molecule has 1 N–H and O–H groups in total. The maximum absolute atomic E-state index is 13.3. The van der Waals surface area contributed by atoms with Gasteiger partial charge in [0.15, 0.2) is 0 Å². The predicted molar refractivity (Wildman–Crippen MR) is 112 cm³/mol. The van der Waals surface area contributed by atoms with E-state index in [1.54, 1.807) is 11.8 Å². The standard InChI is InChI=1S/C23H31N3O4/c1-2-30-19(27)16-24-22(29)25-14-10-18(11-15-25)26-20(17-8-4-3-5-9-17)23(21(26)28)12-6-7-13-23/h3-5,8-9,18,20H,2,6-7,10-16H2,1H3,(H,24,29). The summed E-state index contributed by atoms with van der Waals surface area (Å²) in [7, 11) is 0. The molecule has 0 radical (unpaired) electrons. The maximum Gasteiger partial charge on any atom is 0.325 e. The minimum absolute atomic E-state index is 0.115. The van der Waals surface area contributed by atoms with E-state index in [9.17, 15) is 14.4 Å². The smallest absolute Gasteiger partial charge is 0.325 e. The highest BCUT2D eigenvalue weighted by molar-refractivity contribution is 5.91. The van der Waals surface area contributed by atoms with Crippen LogP contribution in [0, 0.1) is 5.41 Å². The molecule has 3 amide bonds. The van der Waals surface area contributed by atoms with Crippen LogP contribution in [0.4, 0.5) is 4.79 Å². The molecule has 1 aliphatic carbocycles. The van der Waals surface area contributed by atoms with Gasteiger partial charge in [-0.25, -0.2) is 4.79 Å². The van der Waals surface area contributed by atoms with Gasteiger partial charge in [0.05, 0.1) is 18.1 Å². The lowest BCUT2D eigenvalue weighted by Gasteiger charge is -2.59. The molecule has 1 spiro atoms. The third-order valence-corrected chi connectivity index (χ3v) is 6.91. The Morgan fingerprint density at radius 2 is 1.80 bits per heavy atom. The van der Waals surface area contributed by atoms with Gasteiger partial charge in [0.1, 0.15) is 6.54 Å². The van der Waals surface area contributed by atoms with Crippen molar-refractivity contribution in [3.63, 3.8) is 0 Å². The van der Waals surface area contributed by atoms with Crippen molar-refractivity contribution in [1.82, 2.24) is 15.1 Å². The Kier molecular flexibility index (Phi) is 5.97. The van der Waals surface area contributed by atoms with Crippen molar-refractivity contribution in [2.45, 2.75) is 57.5 Å². The Morgan fingerprint density at radius 1 is 1.13 bits per heavy atom. The van der Waals surface area contributed by atoms with Crippen molar-refractivity contribution in [3.05, 3.63) is 35.9 Å². The molecule has 7 nitrogen and oxygen atoms in total. The molecule has 2 saturated heterocycles. The average molecular weight is 414 g/mol. The first-order chi connectivity index (χ1) is 14.6. The number of hydrogen-bond acceptors (Lipinski definition) is 4. The lowest BCUT2D eigenvalue weighted by atomic mass is 9.65. The monoisotopic (exact) mass is 413 g/mol. The third kappa shape index (κ3) is 3.66. The number of benzene rings is 1. The molecule has 4 rings (SSSR count). The summed E-state index contributed by atoms with van der Waals surface area (Å²) in [4.78, 5) is 40.9. The lowest BCUT2D eigenvalue weighted by molar-refractivity contribution is -0.180. The van der Waals surface area contributed by atoms with Crippen LogP contribution in [0.2, 0.25) is 0 Å². The number of β-lactam (4-membered cyclic amide) rings is 1. The Hall–Kier alpha value is -2.57. The minimum Gasteiger partial charge on any atom is -0.465 e. The molecule has 3 aliphatic rings. The van der Waals surface area contributed by atoms with E-state index in [0.717, 1.165) is 38.5 Å². The van der Waals surface area contributed by atoms with E-state index in [4.69, 9.17) is 4.74 Å². The SMILES string of the molecule is CCOC(=O)CNC(=O)N1CCC(N2C(=O)C3(CCCC3)C2c2ccccc2)CC1. The van der Waals surface area contributed by atoms with Crippen LogP contribution >= 0.6 is 0 Å². The van der Waals surface area contributed by atoms with Crippen LogP contribution in [0.25, 0.3) is 0 Å². The number of nitrogens with one attached hydrogen (secondary N) is 1. The first-order valence-corrected chi connectivity index (χ1v) is 11.1. The van der Waals surface area contributed by atoms with E-state index < -0.39 is 5.97 Å². The summed E-state index contributed by atoms with van der Waals surface area (Å²) < 4.78 is 4.85. The first kappa shape index (κ1) is 20.7. The quantitative estimate of drug-likeness (QED) is 0.595. The third-order valence-electron chi connectivity index (χ3n) is 6.91. The van der Waals surface area contributed by atoms with Gasteiger partial charge in [-0.1, -0.05) is 43.2 Å². The van der Waals surface area contributed by atoms with Crippen LogP contribution in [0.1, 0.15) is 57.1 Å². The highest BCUT2D eigenvalue weighted by Crippen LogP contribution is 2.60. The number of carbonyl (C=O) groups is 3. The molecule has 3 fully saturated rings. The van der Waals surface area contributed by atoms with E-state index >= 15 is 0 Å². The summed E-state index contributed by atoms with van der Waals surface area (Å²) in [6.45, 7) is 3.08. The summed E-state index contributed by atoms with van der Waals surface area (Å²) in [6, 6.07) is 10.5. The zero-order valence-electron chi connectivity index (χ0n) is 17.6. The number of carbonyl (C=O) groups excluding carboxylic acids is 3. The van der Waals surface area contributed by atoms with E-state index in [-0.39, 0.29) is 30.1 Å². The molecule has 2 heterocycles. The van der Waals surface area contributed by atoms with Crippen molar-refractivity contribution in [3.8, 4) is 0 Å². The second kappa shape index (κ2) is 8.66. The molecule has 1 saturated carbocycles. The number of esters is 1. The van der Waals surface area contributed by atoms with Gasteiger partial charge in [0, 0.05) is 19.1 Å². The van der Waals surface area contributed by atoms with E-state index in [1.807, 2.05) is 6.07 Å². The average Bonchev–Trinajstić information content (AvgIpc) is 3.29. The Balaban J connectivity index is 1.38. The lowest BCUT2D eigenvalue weighted by Crippen LogP contribution is -2.66. The minimum atomic E-state index is -0.431. The van der Waals surface area contributed by atoms with E-state index in [2.05, 4.69) is 34.5 Å². The van der Waals surface area contributed by atoms with Crippen molar-refractivity contribution < 1.29 is 19.1 Å². The molecule has 2 aliphatic heterocycles. The topological polar surface area (TPSA) is 79.0 Å². The van der Waals surface area contributed by atoms with E-state index in [1.165, 1.54) is 5.56 Å². The fraction of sp³-hybridized carbons (Fsp3) is 0.609. The second-order valence-electron chi connectivity index (χ2n) is 8.57. The molecule has 0 aromatic heterocycles. The number of ether oxygens (including phenoxy) is 1. The number of nitrogens with zero attached hydrogens (tertiary/aromatic N) is 2. The van der Waals surface area contributed by atoms with Crippen LogP contribution in [0.15, 0.2) is 30.3 Å². The molecular weight excluding hydrogens is 382 g/mol. The predicted octanol–water partition coefficient (Wildman–Crippen LogP) is 2.87. The van der Waals surface area contributed by atoms with Gasteiger partial charge in [-0.05, 0) is 38.2 Å². The Labute approximate surface area is 177 Å². The first-order valence-electron chi connectivity index (χ1n) is 11.1. The molecule has 1 unspecified atom stereocenters. The van der Waals surface area contributed by atoms with Gasteiger partial charge in [-0.2, -0.15) is 0 Å². The van der Waals surface area contributed by atoms with Crippen LogP contribution in [-0.4, -0.2) is 60.0 Å².